The predicted octanol–water partition coefficient (Wildman–Crippen LogP) is 11.5. The van der Waals surface area contributed by atoms with Gasteiger partial charge in [0.25, 0.3) is 0 Å². The normalized spacial score (nSPS) is 14.1. The SMILES string of the molecule is CC(C)(C)c1cc(-c2cccc(-c3ccc4c(c3)C3(c5ccccc5-c5ccccc53)c3ccccc3-4)c2N)cc(C(C)(C)C)c1. The van der Waals surface area contributed by atoms with Crippen LogP contribution in [-0.2, 0) is 16.2 Å². The average Bonchev–Trinajstić information content (AvgIpc) is 3.51. The van der Waals surface area contributed by atoms with Crippen LogP contribution in [-0.4, -0.2) is 0 Å². The highest BCUT2D eigenvalue weighted by Gasteiger charge is 2.51. The minimum atomic E-state index is -0.371. The third kappa shape index (κ3) is 4.01. The van der Waals surface area contributed by atoms with Crippen molar-refractivity contribution in [3.05, 3.63) is 161 Å². The Labute approximate surface area is 273 Å². The summed E-state index contributed by atoms with van der Waals surface area (Å²) in [5, 5.41) is 0. The van der Waals surface area contributed by atoms with E-state index in [0.717, 1.165) is 22.4 Å². The van der Waals surface area contributed by atoms with Gasteiger partial charge in [-0.3, -0.25) is 0 Å². The third-order valence-electron chi connectivity index (χ3n) is 10.4. The fraction of sp³-hybridized carbons (Fsp3) is 0.200. The smallest absolute Gasteiger partial charge is 0.0725 e. The molecule has 8 rings (SSSR count). The van der Waals surface area contributed by atoms with Gasteiger partial charge < -0.3 is 5.73 Å². The lowest BCUT2D eigenvalue weighted by Gasteiger charge is -2.30. The van der Waals surface area contributed by atoms with E-state index in [0.29, 0.717) is 0 Å². The first kappa shape index (κ1) is 28.6. The van der Waals surface area contributed by atoms with Gasteiger partial charge in [-0.2, -0.15) is 0 Å². The largest absolute Gasteiger partial charge is 0.398 e. The van der Waals surface area contributed by atoms with E-state index in [2.05, 4.69) is 169 Å². The number of hydrogen-bond acceptors (Lipinski definition) is 1. The molecule has 0 unspecified atom stereocenters. The quantitative estimate of drug-likeness (QED) is 0.198. The Hall–Kier alpha value is -4.88. The molecule has 0 atom stereocenters. The monoisotopic (exact) mass is 595 g/mol. The Morgan fingerprint density at radius 3 is 1.28 bits per heavy atom. The van der Waals surface area contributed by atoms with Crippen LogP contribution in [0.15, 0.2) is 127 Å². The fourth-order valence-corrected chi connectivity index (χ4v) is 7.98. The molecule has 0 aliphatic heterocycles. The molecule has 0 aromatic heterocycles. The van der Waals surface area contributed by atoms with Gasteiger partial charge in [-0.25, -0.2) is 0 Å². The fourth-order valence-electron chi connectivity index (χ4n) is 7.98. The van der Waals surface area contributed by atoms with E-state index < -0.39 is 0 Å². The van der Waals surface area contributed by atoms with Crippen LogP contribution in [0.5, 0.6) is 0 Å². The molecule has 1 heteroatoms. The van der Waals surface area contributed by atoms with Crippen LogP contribution in [0.4, 0.5) is 5.69 Å². The van der Waals surface area contributed by atoms with E-state index in [1.807, 2.05) is 0 Å². The van der Waals surface area contributed by atoms with Crippen molar-refractivity contribution in [1.29, 1.82) is 0 Å². The highest BCUT2D eigenvalue weighted by atomic mass is 14.6. The van der Waals surface area contributed by atoms with Gasteiger partial charge in [-0.1, -0.05) is 163 Å². The second-order valence-corrected chi connectivity index (χ2v) is 15.2. The number of nitrogens with two attached hydrogens (primary N) is 1. The lowest BCUT2D eigenvalue weighted by molar-refractivity contribution is 0.569. The van der Waals surface area contributed by atoms with Crippen LogP contribution >= 0.6 is 0 Å². The molecule has 6 aromatic carbocycles. The zero-order valence-corrected chi connectivity index (χ0v) is 27.7. The summed E-state index contributed by atoms with van der Waals surface area (Å²) in [7, 11) is 0. The summed E-state index contributed by atoms with van der Waals surface area (Å²) in [6, 6.07) is 47.5. The summed E-state index contributed by atoms with van der Waals surface area (Å²) in [6.07, 6.45) is 0. The molecule has 1 spiro atoms. The van der Waals surface area contributed by atoms with E-state index >= 15 is 0 Å². The van der Waals surface area contributed by atoms with E-state index in [1.165, 1.54) is 61.2 Å². The first-order valence-electron chi connectivity index (χ1n) is 16.5. The van der Waals surface area contributed by atoms with Crippen molar-refractivity contribution in [2.45, 2.75) is 57.8 Å². The molecule has 6 aromatic rings. The topological polar surface area (TPSA) is 26.0 Å². The van der Waals surface area contributed by atoms with Crippen LogP contribution in [0.25, 0.3) is 44.5 Å². The van der Waals surface area contributed by atoms with Crippen molar-refractivity contribution >= 4 is 5.69 Å². The highest BCUT2D eigenvalue weighted by Crippen LogP contribution is 2.63. The van der Waals surface area contributed by atoms with Crippen LogP contribution < -0.4 is 5.73 Å². The van der Waals surface area contributed by atoms with Crippen LogP contribution in [0, 0.1) is 0 Å². The molecular formula is C45H41N. The summed E-state index contributed by atoms with van der Waals surface area (Å²) in [5.41, 5.74) is 25.5. The maximum Gasteiger partial charge on any atom is 0.0725 e. The van der Waals surface area contributed by atoms with Crippen molar-refractivity contribution in [3.8, 4) is 44.5 Å². The summed E-state index contributed by atoms with van der Waals surface area (Å²) in [5.74, 6) is 0. The molecule has 0 fully saturated rings. The predicted molar refractivity (Wildman–Crippen MR) is 195 cm³/mol. The molecular weight excluding hydrogens is 555 g/mol. The number of para-hydroxylation sites is 1. The van der Waals surface area contributed by atoms with Crippen molar-refractivity contribution < 1.29 is 0 Å². The van der Waals surface area contributed by atoms with Gasteiger partial charge in [-0.05, 0) is 83.7 Å². The Morgan fingerprint density at radius 1 is 0.391 bits per heavy atom. The van der Waals surface area contributed by atoms with E-state index in [-0.39, 0.29) is 16.2 Å². The molecule has 0 saturated carbocycles. The Balaban J connectivity index is 1.36. The molecule has 0 saturated heterocycles. The first-order chi connectivity index (χ1) is 22.0. The van der Waals surface area contributed by atoms with Gasteiger partial charge in [-0.15, -0.1) is 0 Å². The number of hydrogen-bond donors (Lipinski definition) is 1. The van der Waals surface area contributed by atoms with Gasteiger partial charge in [0, 0.05) is 16.8 Å². The standard InChI is InChI=1S/C45H41N/c1-43(2,3)30-24-29(25-31(27-30)44(4,5)6)33-18-13-17-32(42(33)46)28-22-23-37-36-16-9-12-21-40(36)45(41(37)26-28)38-19-10-7-14-34(38)35-15-8-11-20-39(35)45/h7-27H,46H2,1-6H3. The Morgan fingerprint density at radius 2 is 0.804 bits per heavy atom. The zero-order valence-electron chi connectivity index (χ0n) is 27.7. The van der Waals surface area contributed by atoms with E-state index in [1.54, 1.807) is 0 Å². The molecule has 0 radical (unpaired) electrons. The number of anilines is 1. The minimum Gasteiger partial charge on any atom is -0.398 e. The number of nitrogen functional groups attached to an aromatic ring is 1. The second-order valence-electron chi connectivity index (χ2n) is 15.2. The van der Waals surface area contributed by atoms with Gasteiger partial charge >= 0.3 is 0 Å². The highest BCUT2D eigenvalue weighted by molar-refractivity contribution is 5.97. The van der Waals surface area contributed by atoms with Crippen molar-refractivity contribution in [2.75, 3.05) is 5.73 Å². The molecule has 0 amide bonds. The van der Waals surface area contributed by atoms with Crippen molar-refractivity contribution in [2.24, 2.45) is 0 Å². The molecule has 2 N–H and O–H groups in total. The number of benzene rings is 6. The summed E-state index contributed by atoms with van der Waals surface area (Å²) in [4.78, 5) is 0. The van der Waals surface area contributed by atoms with Gasteiger partial charge in [0.05, 0.1) is 5.41 Å². The molecule has 0 heterocycles. The van der Waals surface area contributed by atoms with Gasteiger partial charge in [0.15, 0.2) is 0 Å². The maximum atomic E-state index is 7.19. The maximum absolute atomic E-state index is 7.19. The van der Waals surface area contributed by atoms with Crippen LogP contribution in [0.1, 0.15) is 74.9 Å². The minimum absolute atomic E-state index is 0.0273. The summed E-state index contributed by atoms with van der Waals surface area (Å²) >= 11 is 0. The number of fused-ring (bicyclic) bond motifs is 10. The third-order valence-corrected chi connectivity index (χ3v) is 10.4. The molecule has 46 heavy (non-hydrogen) atoms. The van der Waals surface area contributed by atoms with Gasteiger partial charge in [0.1, 0.15) is 0 Å². The van der Waals surface area contributed by atoms with Crippen molar-refractivity contribution in [3.63, 3.8) is 0 Å². The van der Waals surface area contributed by atoms with Gasteiger partial charge in [0.2, 0.25) is 0 Å². The van der Waals surface area contributed by atoms with Crippen molar-refractivity contribution in [1.82, 2.24) is 0 Å². The Kier molecular flexibility index (Phi) is 6.09. The molecule has 226 valence electrons. The zero-order chi connectivity index (χ0) is 32.0. The lowest BCUT2D eigenvalue weighted by Crippen LogP contribution is -2.25. The van der Waals surface area contributed by atoms with E-state index in [4.69, 9.17) is 5.73 Å². The summed E-state index contributed by atoms with van der Waals surface area (Å²) in [6.45, 7) is 13.7. The van der Waals surface area contributed by atoms with Crippen LogP contribution in [0.3, 0.4) is 0 Å². The van der Waals surface area contributed by atoms with Crippen LogP contribution in [0.2, 0.25) is 0 Å². The summed E-state index contributed by atoms with van der Waals surface area (Å²) < 4.78 is 0. The molecule has 1 nitrogen and oxygen atoms in total. The number of rotatable bonds is 2. The average molecular weight is 596 g/mol. The van der Waals surface area contributed by atoms with E-state index in [9.17, 15) is 0 Å². The molecule has 0 bridgehead atoms. The first-order valence-corrected chi connectivity index (χ1v) is 16.5. The molecule has 2 aliphatic carbocycles. The molecule has 2 aliphatic rings. The Bertz CT molecular complexity index is 2090. The second kappa shape index (κ2) is 9.81. The lowest BCUT2D eigenvalue weighted by atomic mass is 9.70.